The number of ether oxygens (including phenoxy) is 2. The van der Waals surface area contributed by atoms with Crippen LogP contribution in [0.4, 0.5) is 0 Å². The average Bonchev–Trinajstić information content (AvgIpc) is 1.89. The molecule has 0 spiro atoms. The smallest absolute Gasteiger partial charge is 0.165 e. The summed E-state index contributed by atoms with van der Waals surface area (Å²) in [5.74, 6) is -0.491. The predicted molar refractivity (Wildman–Crippen MR) is 36.1 cm³/mol. The van der Waals surface area contributed by atoms with E-state index in [4.69, 9.17) is 15.2 Å². The maximum atomic E-state index is 5.31. The molecule has 0 saturated carbocycles. The Kier molecular flexibility index (Phi) is 3.77. The Morgan fingerprint density at radius 3 is 1.89 bits per heavy atom. The number of rotatable bonds is 4. The van der Waals surface area contributed by atoms with Crippen molar-refractivity contribution in [3.63, 3.8) is 0 Å². The van der Waals surface area contributed by atoms with Crippen molar-refractivity contribution in [1.82, 2.24) is 0 Å². The van der Waals surface area contributed by atoms with Crippen LogP contribution in [0, 0.1) is 0 Å². The molecular weight excluding hydrogens is 118 g/mol. The van der Waals surface area contributed by atoms with Crippen LogP contribution < -0.4 is 5.73 Å². The van der Waals surface area contributed by atoms with E-state index in [9.17, 15) is 0 Å². The number of hydrogen-bond acceptors (Lipinski definition) is 3. The molecule has 0 amide bonds. The molecule has 0 aliphatic rings. The molecule has 0 aromatic rings. The van der Waals surface area contributed by atoms with E-state index in [0.717, 1.165) is 6.42 Å². The zero-order chi connectivity index (χ0) is 7.33. The highest BCUT2D eigenvalue weighted by Crippen LogP contribution is 2.12. The Morgan fingerprint density at radius 2 is 1.78 bits per heavy atom. The Hall–Kier alpha value is -0.120. The van der Waals surface area contributed by atoms with Gasteiger partial charge in [0.1, 0.15) is 0 Å². The Morgan fingerprint density at radius 1 is 1.33 bits per heavy atom. The molecule has 0 saturated heterocycles. The molecule has 3 heteroatoms. The van der Waals surface area contributed by atoms with Gasteiger partial charge in [-0.2, -0.15) is 0 Å². The second-order valence-corrected chi connectivity index (χ2v) is 2.08. The van der Waals surface area contributed by atoms with E-state index in [1.807, 2.05) is 6.92 Å². The molecule has 0 aliphatic carbocycles. The third-order valence-corrected chi connectivity index (χ3v) is 1.46. The van der Waals surface area contributed by atoms with Crippen LogP contribution in [0.15, 0.2) is 0 Å². The highest BCUT2D eigenvalue weighted by Gasteiger charge is 2.20. The summed E-state index contributed by atoms with van der Waals surface area (Å²) in [6.45, 7) is 2.44. The van der Waals surface area contributed by atoms with Gasteiger partial charge in [-0.15, -0.1) is 0 Å². The predicted octanol–water partition coefficient (Wildman–Crippen LogP) is 0.344. The number of methoxy groups -OCH3 is 2. The quantitative estimate of drug-likeness (QED) is 0.562. The highest BCUT2D eigenvalue weighted by atomic mass is 16.7. The van der Waals surface area contributed by atoms with E-state index >= 15 is 0 Å². The van der Waals surface area contributed by atoms with Gasteiger partial charge in [0.05, 0.1) is 0 Å². The number of hydrogen-bond donors (Lipinski definition) is 1. The van der Waals surface area contributed by atoms with Gasteiger partial charge in [-0.1, -0.05) is 0 Å². The molecule has 0 aromatic carbocycles. The molecule has 0 aromatic heterocycles. The van der Waals surface area contributed by atoms with Crippen LogP contribution in [0.5, 0.6) is 0 Å². The fraction of sp³-hybridized carbons (Fsp3) is 1.00. The van der Waals surface area contributed by atoms with Crippen molar-refractivity contribution in [2.24, 2.45) is 5.73 Å². The third-order valence-electron chi connectivity index (χ3n) is 1.46. The van der Waals surface area contributed by atoms with E-state index in [-0.39, 0.29) is 0 Å². The standard InChI is InChI=1S/C6H15NO2/c1-6(8-2,9-3)4-5-7/h4-5,7H2,1-3H3. The molecule has 56 valence electrons. The van der Waals surface area contributed by atoms with Gasteiger partial charge in [0.25, 0.3) is 0 Å². The van der Waals surface area contributed by atoms with Crippen LogP contribution >= 0.6 is 0 Å². The summed E-state index contributed by atoms with van der Waals surface area (Å²) in [7, 11) is 3.22. The maximum Gasteiger partial charge on any atom is 0.165 e. The molecule has 9 heavy (non-hydrogen) atoms. The fourth-order valence-electron chi connectivity index (χ4n) is 0.550. The largest absolute Gasteiger partial charge is 0.353 e. The monoisotopic (exact) mass is 133 g/mol. The first-order valence-electron chi connectivity index (χ1n) is 2.99. The molecule has 0 atom stereocenters. The first kappa shape index (κ1) is 8.88. The molecule has 0 aliphatic heterocycles. The molecule has 0 rings (SSSR count). The zero-order valence-corrected chi connectivity index (χ0v) is 6.31. The summed E-state index contributed by atoms with van der Waals surface area (Å²) in [4.78, 5) is 0. The fourth-order valence-corrected chi connectivity index (χ4v) is 0.550. The molecule has 0 bridgehead atoms. The highest BCUT2D eigenvalue weighted by molar-refractivity contribution is 4.60. The summed E-state index contributed by atoms with van der Waals surface area (Å²) in [5.41, 5.74) is 5.31. The first-order chi connectivity index (χ1) is 4.18. The average molecular weight is 133 g/mol. The summed E-state index contributed by atoms with van der Waals surface area (Å²) in [6, 6.07) is 0. The second kappa shape index (κ2) is 3.82. The van der Waals surface area contributed by atoms with Crippen molar-refractivity contribution >= 4 is 0 Å². The Balaban J connectivity index is 3.62. The molecule has 0 heterocycles. The van der Waals surface area contributed by atoms with Crippen LogP contribution in [-0.4, -0.2) is 26.6 Å². The van der Waals surface area contributed by atoms with E-state index in [1.165, 1.54) is 0 Å². The minimum atomic E-state index is -0.491. The zero-order valence-electron chi connectivity index (χ0n) is 6.31. The normalized spacial score (nSPS) is 12.0. The first-order valence-corrected chi connectivity index (χ1v) is 2.99. The van der Waals surface area contributed by atoms with Gasteiger partial charge < -0.3 is 15.2 Å². The molecule has 0 radical (unpaired) electrons. The van der Waals surface area contributed by atoms with Crippen LogP contribution in [0.2, 0.25) is 0 Å². The van der Waals surface area contributed by atoms with Gasteiger partial charge in [0, 0.05) is 20.6 Å². The van der Waals surface area contributed by atoms with Crippen molar-refractivity contribution in [2.45, 2.75) is 19.1 Å². The third kappa shape index (κ3) is 2.79. The van der Waals surface area contributed by atoms with Crippen molar-refractivity contribution in [3.8, 4) is 0 Å². The van der Waals surface area contributed by atoms with E-state index in [2.05, 4.69) is 0 Å². The molecule has 3 nitrogen and oxygen atoms in total. The summed E-state index contributed by atoms with van der Waals surface area (Å²) in [5, 5.41) is 0. The Bertz CT molecular complexity index is 71.5. The summed E-state index contributed by atoms with van der Waals surface area (Å²) < 4.78 is 10.1. The van der Waals surface area contributed by atoms with E-state index < -0.39 is 5.79 Å². The van der Waals surface area contributed by atoms with Gasteiger partial charge in [-0.05, 0) is 13.5 Å². The second-order valence-electron chi connectivity index (χ2n) is 2.08. The van der Waals surface area contributed by atoms with E-state index in [1.54, 1.807) is 14.2 Å². The molecule has 2 N–H and O–H groups in total. The van der Waals surface area contributed by atoms with Crippen molar-refractivity contribution in [3.05, 3.63) is 0 Å². The van der Waals surface area contributed by atoms with Crippen LogP contribution in [0.25, 0.3) is 0 Å². The lowest BCUT2D eigenvalue weighted by Gasteiger charge is -2.25. The lowest BCUT2D eigenvalue weighted by Crippen LogP contribution is -2.32. The van der Waals surface area contributed by atoms with Gasteiger partial charge in [-0.3, -0.25) is 0 Å². The van der Waals surface area contributed by atoms with Crippen LogP contribution in [-0.2, 0) is 9.47 Å². The van der Waals surface area contributed by atoms with Crippen molar-refractivity contribution in [2.75, 3.05) is 20.8 Å². The lowest BCUT2D eigenvalue weighted by atomic mass is 10.2. The topological polar surface area (TPSA) is 44.5 Å². The Labute approximate surface area is 56.1 Å². The van der Waals surface area contributed by atoms with E-state index in [0.29, 0.717) is 6.54 Å². The van der Waals surface area contributed by atoms with Gasteiger partial charge in [0.15, 0.2) is 5.79 Å². The molecule has 0 fully saturated rings. The SMILES string of the molecule is COC(C)(CCN)OC. The minimum Gasteiger partial charge on any atom is -0.353 e. The summed E-state index contributed by atoms with van der Waals surface area (Å²) in [6.07, 6.45) is 0.722. The lowest BCUT2D eigenvalue weighted by molar-refractivity contribution is -0.195. The molecular formula is C6H15NO2. The maximum absolute atomic E-state index is 5.31. The van der Waals surface area contributed by atoms with Crippen molar-refractivity contribution in [1.29, 1.82) is 0 Å². The molecule has 0 unspecified atom stereocenters. The van der Waals surface area contributed by atoms with Gasteiger partial charge in [-0.25, -0.2) is 0 Å². The van der Waals surface area contributed by atoms with Gasteiger partial charge in [0.2, 0.25) is 0 Å². The van der Waals surface area contributed by atoms with Crippen molar-refractivity contribution < 1.29 is 9.47 Å². The van der Waals surface area contributed by atoms with Crippen LogP contribution in [0.1, 0.15) is 13.3 Å². The number of nitrogens with two attached hydrogens (primary N) is 1. The minimum absolute atomic E-state index is 0.491. The van der Waals surface area contributed by atoms with Crippen LogP contribution in [0.3, 0.4) is 0 Å². The summed E-state index contributed by atoms with van der Waals surface area (Å²) >= 11 is 0. The van der Waals surface area contributed by atoms with Gasteiger partial charge >= 0.3 is 0 Å².